The van der Waals surface area contributed by atoms with Gasteiger partial charge in [0, 0.05) is 83.5 Å². The Morgan fingerprint density at radius 2 is 0.553 bits per heavy atom. The number of anilines is 6. The summed E-state index contributed by atoms with van der Waals surface area (Å²) in [5.41, 5.74) is 34.6. The lowest BCUT2D eigenvalue weighted by Crippen LogP contribution is -2.30. The normalized spacial score (nSPS) is 15.1. The van der Waals surface area contributed by atoms with Gasteiger partial charge in [-0.15, -0.1) is 0 Å². The smallest absolute Gasteiger partial charge is 0.0645 e. The minimum absolute atomic E-state index is 0.00518. The summed E-state index contributed by atoms with van der Waals surface area (Å²) in [5, 5.41) is 7.10. The van der Waals surface area contributed by atoms with Gasteiger partial charge in [0.2, 0.25) is 0 Å². The molecule has 0 saturated carbocycles. The molecule has 23 rings (SSSR count). The summed E-state index contributed by atoms with van der Waals surface area (Å²) in [6.07, 6.45) is 0.591. The predicted molar refractivity (Wildman–Crippen MR) is 564 cm³/mol. The van der Waals surface area contributed by atoms with E-state index in [-0.39, 0.29) is 71.8 Å². The molecule has 0 bridgehead atoms. The van der Waals surface area contributed by atoms with E-state index in [1.165, 1.54) is 71.6 Å². The van der Waals surface area contributed by atoms with Crippen LogP contribution >= 0.6 is 0 Å². The molecule has 0 N–H and O–H groups in total. The Hall–Kier alpha value is -13.7. The third-order valence-corrected chi connectivity index (χ3v) is 29.1. The fourth-order valence-corrected chi connectivity index (χ4v) is 21.8. The first kappa shape index (κ1) is 74.0. The maximum Gasteiger partial charge on any atom is 0.0645 e. The first-order valence-electron chi connectivity index (χ1n) is 51.1. The highest BCUT2D eigenvalue weighted by atomic mass is 15.2. The molecule has 0 radical (unpaired) electrons. The number of hydrogen-bond donors (Lipinski definition) is 0. The minimum atomic E-state index is -0.575. The van der Waals surface area contributed by atoms with Gasteiger partial charge >= 0.3 is 0 Å². The molecule has 1 aliphatic carbocycles. The number of aromatic nitrogens is 4. The van der Waals surface area contributed by atoms with Crippen LogP contribution in [0.3, 0.4) is 0 Å². The van der Waals surface area contributed by atoms with E-state index in [4.69, 9.17) is 0 Å². The third-order valence-electron chi connectivity index (χ3n) is 29.1. The van der Waals surface area contributed by atoms with Crippen LogP contribution in [0.1, 0.15) is 229 Å². The zero-order chi connectivity index (χ0) is 98.4. The molecule has 652 valence electrons. The molecule has 0 amide bonds. The van der Waals surface area contributed by atoms with Gasteiger partial charge in [-0.1, -0.05) is 315 Å². The van der Waals surface area contributed by atoms with Crippen molar-refractivity contribution in [1.82, 2.24) is 18.3 Å². The number of rotatable bonds is 8. The maximum atomic E-state index is 10.1. The first-order chi connectivity index (χ1) is 66.2. The van der Waals surface area contributed by atoms with Gasteiger partial charge in [-0.05, 0) is 267 Å². The van der Waals surface area contributed by atoms with Gasteiger partial charge < -0.3 is 28.1 Å². The van der Waals surface area contributed by atoms with Crippen LogP contribution in [0.4, 0.5) is 34.1 Å². The second-order valence-electron chi connectivity index (χ2n) is 44.9. The Kier molecular flexibility index (Phi) is 16.2. The van der Waals surface area contributed by atoms with Crippen LogP contribution < -0.4 is 9.80 Å². The van der Waals surface area contributed by atoms with Gasteiger partial charge in [0.1, 0.15) is 0 Å². The van der Waals surface area contributed by atoms with Crippen LogP contribution in [0.15, 0.2) is 315 Å². The fraction of sp³-hybridized carbons (Fsp3) is 0.238. The van der Waals surface area contributed by atoms with Crippen LogP contribution in [0, 0.1) is 0 Å². The lowest BCUT2D eigenvalue weighted by Gasteiger charge is -2.46. The van der Waals surface area contributed by atoms with Crippen LogP contribution in [0.5, 0.6) is 0 Å². The molecule has 6 heteroatoms. The minimum Gasteiger partial charge on any atom is -0.309 e. The largest absolute Gasteiger partial charge is 0.309 e. The summed E-state index contributed by atoms with van der Waals surface area (Å²) in [7, 11) is 0. The van der Waals surface area contributed by atoms with Gasteiger partial charge in [0.15, 0.2) is 0 Å². The Morgan fingerprint density at radius 3 is 0.932 bits per heavy atom. The van der Waals surface area contributed by atoms with E-state index in [1.807, 2.05) is 6.07 Å². The molecular formula is C126H118N6. The summed E-state index contributed by atoms with van der Waals surface area (Å²) in [6.45, 7) is 48.3. The van der Waals surface area contributed by atoms with Gasteiger partial charge in [-0.3, -0.25) is 0 Å². The molecule has 0 spiro atoms. The molecule has 0 fully saturated rings. The molecule has 2 aliphatic heterocycles. The lowest BCUT2D eigenvalue weighted by molar-refractivity contribution is 0.590. The van der Waals surface area contributed by atoms with E-state index < -0.39 is 42.2 Å². The van der Waals surface area contributed by atoms with Crippen molar-refractivity contribution in [2.24, 2.45) is 0 Å². The Morgan fingerprint density at radius 1 is 0.235 bits per heavy atom. The SMILES string of the molecule is [2H]c1c([2H])c([2H])c2c(c1[2H])c1c([2H])c([2H])c([2H])c([2H])c1n2-c1ccc2c(c1)N(c1c(-c3ccccc3)cc(C(C)(C)C)cc1-c1ccccc1)c1cc(-n3c4ccc(C(C)(C)C)cc4c4cc(C(C)(C)C)ccc43)cc3c1C2c1ccc(-n2c4ccc(C(C)(C)C)cc4c4cc(C(C)(C)C)ccc42)cc1N3c1cccc2c1Cc1c-2cccc1-n1c2ccc(C(C)(C)C)cc2c2cc(C(C)(C)C)ccc21. The molecule has 0 saturated heterocycles. The van der Waals surface area contributed by atoms with E-state index >= 15 is 0 Å². The second kappa shape index (κ2) is 28.9. The molecule has 4 aromatic heterocycles. The molecule has 132 heavy (non-hydrogen) atoms. The van der Waals surface area contributed by atoms with Gasteiger partial charge in [0.05, 0.1) is 101 Å². The first-order valence-corrected chi connectivity index (χ1v) is 47.1. The van der Waals surface area contributed by atoms with Crippen molar-refractivity contribution in [2.45, 2.75) is 196 Å². The number of benzene rings is 16. The van der Waals surface area contributed by atoms with Crippen molar-refractivity contribution in [3.8, 4) is 56.1 Å². The summed E-state index contributed by atoms with van der Waals surface area (Å²) < 4.78 is 86.9. The summed E-state index contributed by atoms with van der Waals surface area (Å²) in [5.74, 6) is -0.575. The van der Waals surface area contributed by atoms with Crippen molar-refractivity contribution in [2.75, 3.05) is 9.80 Å². The van der Waals surface area contributed by atoms with E-state index in [0.29, 0.717) is 12.1 Å². The van der Waals surface area contributed by atoms with Crippen molar-refractivity contribution >= 4 is 121 Å². The Balaban J connectivity index is 0.900. The third kappa shape index (κ3) is 12.9. The topological polar surface area (TPSA) is 26.2 Å². The maximum absolute atomic E-state index is 10.1. The number of nitrogens with zero attached hydrogens (tertiary/aromatic N) is 6. The molecule has 6 nitrogen and oxygen atoms in total. The van der Waals surface area contributed by atoms with Gasteiger partial charge in [0.25, 0.3) is 0 Å². The lowest BCUT2D eigenvalue weighted by atomic mass is 9.74. The summed E-state index contributed by atoms with van der Waals surface area (Å²) >= 11 is 0. The summed E-state index contributed by atoms with van der Waals surface area (Å²) in [4.78, 5) is 5.17. The highest BCUT2D eigenvalue weighted by Crippen LogP contribution is 2.65. The number of hydrogen-bond acceptors (Lipinski definition) is 2. The average molecular weight is 1720 g/mol. The molecule has 1 unspecified atom stereocenters. The monoisotopic (exact) mass is 1720 g/mol. The van der Waals surface area contributed by atoms with E-state index in [0.717, 1.165) is 145 Å². The van der Waals surface area contributed by atoms with E-state index in [2.05, 4.69) is 430 Å². The Labute approximate surface area is 789 Å². The predicted octanol–water partition coefficient (Wildman–Crippen LogP) is 34.8. The van der Waals surface area contributed by atoms with Crippen LogP contribution in [-0.2, 0) is 44.3 Å². The highest BCUT2D eigenvalue weighted by Gasteiger charge is 2.46. The van der Waals surface area contributed by atoms with Crippen LogP contribution in [0.2, 0.25) is 0 Å². The standard InChI is InChI=1S/C126H118N6/c1-120(2,3)77-46-56-107-95(62-77)96-63-78(121(4,5)6)47-57-108(96)128(107)84-52-54-91-113(70-84)131(106-45-33-41-88-87-40-32-44-105(101(87)74-102(88)106)130-111-60-50-81(124(13,14)15)66-99(111)100-67-82(125(16,17)18)51-61-112(100)130)115-72-86(129-109-58-48-79(122(7,8)9)64-97(109)98-65-80(123(10,11)12)49-59-110(98)129)73-116-118(115)117(91)92-55-53-85(127-103-42-30-28-38-89(103)90-39-29-31-43-104(90)127)71-114(92)132(116)119-93(75-34-24-22-25-35-75)68-83(126(19,20)21)69-94(119)76-36-26-23-27-37-76/h22-73,117H,74H2,1-21H3/i28D,29D,30D,31D,38D,39D,42D,43D. The van der Waals surface area contributed by atoms with Crippen LogP contribution in [-0.4, -0.2) is 18.3 Å². The molecule has 3 aliphatic rings. The molecule has 16 aromatic carbocycles. The zero-order valence-corrected chi connectivity index (χ0v) is 79.9. The van der Waals surface area contributed by atoms with Gasteiger partial charge in [-0.2, -0.15) is 0 Å². The van der Waals surface area contributed by atoms with Crippen molar-refractivity contribution < 1.29 is 11.0 Å². The molecular weight excluding hydrogens is 1600 g/mol. The number of fused-ring (bicyclic) bond motifs is 19. The van der Waals surface area contributed by atoms with Crippen molar-refractivity contribution in [3.63, 3.8) is 0 Å². The van der Waals surface area contributed by atoms with E-state index in [1.54, 1.807) is 4.57 Å². The molecule has 1 atom stereocenters. The van der Waals surface area contributed by atoms with Crippen molar-refractivity contribution in [3.05, 3.63) is 382 Å². The van der Waals surface area contributed by atoms with Gasteiger partial charge in [-0.25, -0.2) is 0 Å². The van der Waals surface area contributed by atoms with Crippen molar-refractivity contribution in [1.29, 1.82) is 0 Å². The quantitative estimate of drug-likeness (QED) is 0.152. The zero-order valence-electron chi connectivity index (χ0n) is 87.9. The van der Waals surface area contributed by atoms with Crippen LogP contribution in [0.25, 0.3) is 143 Å². The number of para-hydroxylation sites is 2. The summed E-state index contributed by atoms with van der Waals surface area (Å²) in [6, 6.07) is 98.1. The fourth-order valence-electron chi connectivity index (χ4n) is 21.8. The average Bonchev–Trinajstić information content (AvgIpc) is 0.973. The second-order valence-corrected chi connectivity index (χ2v) is 44.9. The highest BCUT2D eigenvalue weighted by molar-refractivity contribution is 6.15. The molecule has 20 aromatic rings. The Bertz CT molecular complexity index is 8440. The molecule has 6 heterocycles. The van der Waals surface area contributed by atoms with E-state index in [9.17, 15) is 11.0 Å².